The number of amidine groups is 1. The zero-order valence-corrected chi connectivity index (χ0v) is 18.5. The number of carbonyl (C=O) groups excluding carboxylic acids is 1. The number of amides is 1. The Kier molecular flexibility index (Phi) is 5.57. The van der Waals surface area contributed by atoms with Crippen LogP contribution in [0, 0.1) is 5.92 Å². The van der Waals surface area contributed by atoms with Crippen molar-refractivity contribution in [3.63, 3.8) is 0 Å². The molecule has 2 heterocycles. The number of rotatable bonds is 6. The van der Waals surface area contributed by atoms with Gasteiger partial charge in [-0.25, -0.2) is 4.99 Å². The third-order valence-corrected chi connectivity index (χ3v) is 5.27. The number of nitrogens with zero attached hydrogens (tertiary/aromatic N) is 2. The first-order chi connectivity index (χ1) is 16.1. The molecule has 0 atom stereocenters. The molecule has 0 N–H and O–H groups in total. The second-order valence-corrected chi connectivity index (χ2v) is 8.28. The first kappa shape index (κ1) is 20.8. The minimum atomic E-state index is -0.186. The van der Waals surface area contributed by atoms with Gasteiger partial charge in [-0.2, -0.15) is 0 Å². The molecular formula is C27H24N2O4. The van der Waals surface area contributed by atoms with Gasteiger partial charge in [0.15, 0.2) is 11.5 Å². The molecule has 0 saturated heterocycles. The average molecular weight is 440 g/mol. The van der Waals surface area contributed by atoms with Crippen LogP contribution >= 0.6 is 0 Å². The van der Waals surface area contributed by atoms with Gasteiger partial charge in [0.05, 0.1) is 12.3 Å². The molecule has 0 unspecified atom stereocenters. The summed E-state index contributed by atoms with van der Waals surface area (Å²) in [6.45, 7) is 5.07. The van der Waals surface area contributed by atoms with E-state index in [0.29, 0.717) is 35.6 Å². The molecule has 33 heavy (non-hydrogen) atoms. The molecule has 0 aliphatic carbocycles. The van der Waals surface area contributed by atoms with Crippen molar-refractivity contribution < 1.29 is 19.0 Å². The molecule has 0 saturated carbocycles. The minimum Gasteiger partial charge on any atom is -0.493 e. The molecule has 3 aromatic rings. The van der Waals surface area contributed by atoms with E-state index in [1.807, 2.05) is 72.8 Å². The number of anilines is 1. The van der Waals surface area contributed by atoms with E-state index in [9.17, 15) is 4.79 Å². The second-order valence-electron chi connectivity index (χ2n) is 8.28. The van der Waals surface area contributed by atoms with E-state index in [0.717, 1.165) is 22.6 Å². The number of hydrogen-bond acceptors (Lipinski definition) is 5. The Morgan fingerprint density at radius 3 is 2.52 bits per heavy atom. The Bertz CT molecular complexity index is 1230. The maximum Gasteiger partial charge on any atom is 0.282 e. The number of carbonyl (C=O) groups is 1. The van der Waals surface area contributed by atoms with Gasteiger partial charge in [-0.15, -0.1) is 0 Å². The molecular weight excluding hydrogens is 416 g/mol. The largest absolute Gasteiger partial charge is 0.493 e. The molecule has 6 nitrogen and oxygen atoms in total. The van der Waals surface area contributed by atoms with E-state index < -0.39 is 0 Å². The maximum absolute atomic E-state index is 13.4. The lowest BCUT2D eigenvalue weighted by Crippen LogP contribution is -2.32. The zero-order valence-electron chi connectivity index (χ0n) is 18.5. The first-order valence-corrected chi connectivity index (χ1v) is 10.9. The van der Waals surface area contributed by atoms with Crippen molar-refractivity contribution in [3.8, 4) is 17.2 Å². The van der Waals surface area contributed by atoms with Crippen LogP contribution in [0.4, 0.5) is 5.69 Å². The van der Waals surface area contributed by atoms with Crippen molar-refractivity contribution >= 4 is 23.5 Å². The summed E-state index contributed by atoms with van der Waals surface area (Å²) in [4.78, 5) is 19.8. The fraction of sp³-hybridized carbons (Fsp3) is 0.185. The molecule has 6 heteroatoms. The molecule has 2 aliphatic heterocycles. The third kappa shape index (κ3) is 4.32. The van der Waals surface area contributed by atoms with Gasteiger partial charge in [0.2, 0.25) is 6.79 Å². The lowest BCUT2D eigenvalue weighted by molar-refractivity contribution is -0.113. The van der Waals surface area contributed by atoms with Crippen LogP contribution in [-0.2, 0) is 4.79 Å². The molecule has 0 fully saturated rings. The summed E-state index contributed by atoms with van der Waals surface area (Å²) in [5.74, 6) is 2.99. The number of para-hydroxylation sites is 1. The van der Waals surface area contributed by atoms with Crippen LogP contribution in [0.3, 0.4) is 0 Å². The van der Waals surface area contributed by atoms with Gasteiger partial charge >= 0.3 is 0 Å². The molecule has 2 aliphatic rings. The highest BCUT2D eigenvalue weighted by Crippen LogP contribution is 2.34. The summed E-state index contributed by atoms with van der Waals surface area (Å²) in [7, 11) is 0. The molecule has 5 rings (SSSR count). The summed E-state index contributed by atoms with van der Waals surface area (Å²) in [6, 6.07) is 22.8. The second kappa shape index (κ2) is 8.82. The van der Waals surface area contributed by atoms with E-state index in [4.69, 9.17) is 19.2 Å². The van der Waals surface area contributed by atoms with Crippen LogP contribution in [0.25, 0.3) is 6.08 Å². The van der Waals surface area contributed by atoms with Gasteiger partial charge in [0, 0.05) is 5.56 Å². The topological polar surface area (TPSA) is 60.4 Å². The third-order valence-electron chi connectivity index (χ3n) is 5.27. The highest BCUT2D eigenvalue weighted by molar-refractivity contribution is 6.33. The highest BCUT2D eigenvalue weighted by atomic mass is 16.7. The van der Waals surface area contributed by atoms with Crippen LogP contribution < -0.4 is 19.1 Å². The van der Waals surface area contributed by atoms with Gasteiger partial charge in [0.1, 0.15) is 17.3 Å². The Morgan fingerprint density at radius 1 is 1.00 bits per heavy atom. The number of fused-ring (bicyclic) bond motifs is 1. The van der Waals surface area contributed by atoms with Crippen LogP contribution in [0.5, 0.6) is 17.2 Å². The van der Waals surface area contributed by atoms with E-state index in [1.54, 1.807) is 11.0 Å². The molecule has 3 aromatic carbocycles. The predicted molar refractivity (Wildman–Crippen MR) is 128 cm³/mol. The lowest BCUT2D eigenvalue weighted by Gasteiger charge is -2.18. The van der Waals surface area contributed by atoms with E-state index in [-0.39, 0.29) is 12.7 Å². The maximum atomic E-state index is 13.4. The minimum absolute atomic E-state index is 0.186. The van der Waals surface area contributed by atoms with E-state index in [2.05, 4.69) is 13.8 Å². The normalized spacial score (nSPS) is 16.0. The Balaban J connectivity index is 1.50. The lowest BCUT2D eigenvalue weighted by atomic mass is 10.1. The molecule has 0 spiro atoms. The Morgan fingerprint density at radius 2 is 1.76 bits per heavy atom. The van der Waals surface area contributed by atoms with Crippen LogP contribution in [0.15, 0.2) is 83.5 Å². The smallest absolute Gasteiger partial charge is 0.282 e. The van der Waals surface area contributed by atoms with E-state index >= 15 is 0 Å². The number of hydrogen-bond donors (Lipinski definition) is 0. The predicted octanol–water partition coefficient (Wildman–Crippen LogP) is 5.28. The van der Waals surface area contributed by atoms with Gasteiger partial charge in [-0.1, -0.05) is 38.1 Å². The number of aliphatic imine (C=N–C) groups is 1. The standard InChI is InChI=1S/C27H24N2O4/c1-18(2)16-31-22-11-9-20(10-12-22)26-28-23(27(30)29(26)21-6-4-3-5-7-21)14-19-8-13-24-25(15-19)33-17-32-24/h3-15,18H,16-17H2,1-2H3. The molecule has 0 aromatic heterocycles. The monoisotopic (exact) mass is 440 g/mol. The van der Waals surface area contributed by atoms with Crippen molar-refractivity contribution in [1.29, 1.82) is 0 Å². The van der Waals surface area contributed by atoms with Gasteiger partial charge in [-0.05, 0) is 66.1 Å². The summed E-state index contributed by atoms with van der Waals surface area (Å²) >= 11 is 0. The van der Waals surface area contributed by atoms with Crippen molar-refractivity contribution in [2.45, 2.75) is 13.8 Å². The van der Waals surface area contributed by atoms with Gasteiger partial charge in [0.25, 0.3) is 5.91 Å². The van der Waals surface area contributed by atoms with E-state index in [1.165, 1.54) is 0 Å². The van der Waals surface area contributed by atoms with Gasteiger partial charge < -0.3 is 14.2 Å². The van der Waals surface area contributed by atoms with Crippen molar-refractivity contribution in [2.75, 3.05) is 18.3 Å². The highest BCUT2D eigenvalue weighted by Gasteiger charge is 2.32. The van der Waals surface area contributed by atoms with Crippen LogP contribution in [0.2, 0.25) is 0 Å². The van der Waals surface area contributed by atoms with Crippen molar-refractivity contribution in [2.24, 2.45) is 10.9 Å². The van der Waals surface area contributed by atoms with Crippen LogP contribution in [0.1, 0.15) is 25.0 Å². The summed E-state index contributed by atoms with van der Waals surface area (Å²) < 4.78 is 16.6. The molecule has 166 valence electrons. The number of benzene rings is 3. The first-order valence-electron chi connectivity index (χ1n) is 10.9. The van der Waals surface area contributed by atoms with Gasteiger partial charge in [-0.3, -0.25) is 9.69 Å². The number of ether oxygens (including phenoxy) is 3. The summed E-state index contributed by atoms with van der Waals surface area (Å²) in [5, 5.41) is 0. The van der Waals surface area contributed by atoms with Crippen molar-refractivity contribution in [3.05, 3.63) is 89.6 Å². The molecule has 1 amide bonds. The van der Waals surface area contributed by atoms with Crippen molar-refractivity contribution in [1.82, 2.24) is 0 Å². The zero-order chi connectivity index (χ0) is 22.8. The molecule has 0 bridgehead atoms. The van der Waals surface area contributed by atoms with Crippen LogP contribution in [-0.4, -0.2) is 25.1 Å². The fourth-order valence-corrected chi connectivity index (χ4v) is 3.65. The SMILES string of the molecule is CC(C)COc1ccc(C2=NC(=Cc3ccc4c(c3)OCO4)C(=O)N2c2ccccc2)cc1. The molecule has 0 radical (unpaired) electrons. The quantitative estimate of drug-likeness (QED) is 0.489. The fourth-order valence-electron chi connectivity index (χ4n) is 3.65. The Labute approximate surface area is 192 Å². The summed E-state index contributed by atoms with van der Waals surface area (Å²) in [5.41, 5.74) is 2.76. The summed E-state index contributed by atoms with van der Waals surface area (Å²) in [6.07, 6.45) is 1.77. The average Bonchev–Trinajstić information content (AvgIpc) is 3.43. The Hall–Kier alpha value is -4.06.